The summed E-state index contributed by atoms with van der Waals surface area (Å²) in [7, 11) is 0. The molecule has 21 heavy (non-hydrogen) atoms. The van der Waals surface area contributed by atoms with E-state index in [1.807, 2.05) is 37.3 Å². The minimum Gasteiger partial charge on any atom is -0.384 e. The molecule has 0 amide bonds. The zero-order valence-corrected chi connectivity index (χ0v) is 11.8. The van der Waals surface area contributed by atoms with Crippen LogP contribution in [0.4, 0.5) is 5.69 Å². The number of pyridine rings is 1. The van der Waals surface area contributed by atoms with Gasteiger partial charge in [0.1, 0.15) is 0 Å². The van der Waals surface area contributed by atoms with Crippen LogP contribution >= 0.6 is 0 Å². The van der Waals surface area contributed by atoms with Crippen molar-refractivity contribution in [1.29, 1.82) is 0 Å². The van der Waals surface area contributed by atoms with Crippen LogP contribution in [0.1, 0.15) is 12.5 Å². The predicted octanol–water partition coefficient (Wildman–Crippen LogP) is 2.27. The van der Waals surface area contributed by atoms with Gasteiger partial charge in [0, 0.05) is 24.2 Å². The first kappa shape index (κ1) is 13.3. The van der Waals surface area contributed by atoms with Gasteiger partial charge in [0.25, 0.3) is 5.56 Å². The fraction of sp³-hybridized carbons (Fsp3) is 0.188. The number of para-hydroxylation sites is 1. The second-order valence-corrected chi connectivity index (χ2v) is 4.76. The minimum atomic E-state index is -0.116. The number of nitrogens with zero attached hydrogens (tertiary/aromatic N) is 3. The van der Waals surface area contributed by atoms with Gasteiger partial charge in [-0.25, -0.2) is 4.68 Å². The molecule has 2 aromatic heterocycles. The fourth-order valence-electron chi connectivity index (χ4n) is 2.31. The molecule has 106 valence electrons. The van der Waals surface area contributed by atoms with Gasteiger partial charge >= 0.3 is 0 Å². The maximum absolute atomic E-state index is 12.1. The van der Waals surface area contributed by atoms with E-state index >= 15 is 0 Å². The van der Waals surface area contributed by atoms with Crippen LogP contribution in [0.2, 0.25) is 0 Å². The number of hydrogen-bond acceptors (Lipinski definition) is 4. The maximum atomic E-state index is 12.1. The number of aromatic nitrogens is 3. The summed E-state index contributed by atoms with van der Waals surface area (Å²) in [5.41, 5.74) is 2.59. The molecular formula is C16H16N4O. The van der Waals surface area contributed by atoms with E-state index < -0.39 is 0 Å². The molecule has 5 nitrogen and oxygen atoms in total. The molecule has 0 saturated heterocycles. The molecule has 0 saturated carbocycles. The number of fused-ring (bicyclic) bond motifs is 1. The highest BCUT2D eigenvalue weighted by Crippen LogP contribution is 2.16. The van der Waals surface area contributed by atoms with E-state index in [0.717, 1.165) is 28.7 Å². The molecule has 2 heterocycles. The van der Waals surface area contributed by atoms with Gasteiger partial charge in [0.15, 0.2) is 0 Å². The quantitative estimate of drug-likeness (QED) is 0.796. The van der Waals surface area contributed by atoms with E-state index in [1.54, 1.807) is 18.5 Å². The Morgan fingerprint density at radius 2 is 2.10 bits per heavy atom. The molecule has 0 bridgehead atoms. The zero-order valence-electron chi connectivity index (χ0n) is 11.8. The average Bonchev–Trinajstić information content (AvgIpc) is 2.51. The molecule has 1 aromatic carbocycles. The van der Waals surface area contributed by atoms with Crippen molar-refractivity contribution >= 4 is 16.6 Å². The topological polar surface area (TPSA) is 59.8 Å². The molecule has 3 rings (SSSR count). The first-order chi connectivity index (χ1) is 10.3. The van der Waals surface area contributed by atoms with Crippen molar-refractivity contribution in [1.82, 2.24) is 14.8 Å². The van der Waals surface area contributed by atoms with Crippen molar-refractivity contribution in [3.05, 3.63) is 64.7 Å². The SMILES string of the molecule is CCNc1cnn(Cc2ccnc3ccccc23)c(=O)c1. The lowest BCUT2D eigenvalue weighted by atomic mass is 10.1. The number of benzene rings is 1. The molecule has 1 N–H and O–H groups in total. The molecule has 0 aliphatic carbocycles. The van der Waals surface area contributed by atoms with Gasteiger partial charge in [-0.2, -0.15) is 5.10 Å². The monoisotopic (exact) mass is 280 g/mol. The Morgan fingerprint density at radius 1 is 1.24 bits per heavy atom. The largest absolute Gasteiger partial charge is 0.384 e. The van der Waals surface area contributed by atoms with Crippen LogP contribution in [0.5, 0.6) is 0 Å². The first-order valence-corrected chi connectivity index (χ1v) is 6.91. The number of hydrogen-bond donors (Lipinski definition) is 1. The van der Waals surface area contributed by atoms with Gasteiger partial charge in [-0.3, -0.25) is 9.78 Å². The highest BCUT2D eigenvalue weighted by Gasteiger charge is 2.05. The van der Waals surface area contributed by atoms with Crippen molar-refractivity contribution < 1.29 is 0 Å². The number of rotatable bonds is 4. The summed E-state index contributed by atoms with van der Waals surface area (Å²) < 4.78 is 1.46. The van der Waals surface area contributed by atoms with Crippen LogP contribution < -0.4 is 10.9 Å². The summed E-state index contributed by atoms with van der Waals surface area (Å²) in [4.78, 5) is 16.4. The molecule has 0 unspecified atom stereocenters. The molecule has 0 aliphatic rings. The molecule has 0 spiro atoms. The van der Waals surface area contributed by atoms with Crippen molar-refractivity contribution in [2.75, 3.05) is 11.9 Å². The Labute approximate surface area is 122 Å². The lowest BCUT2D eigenvalue weighted by Crippen LogP contribution is -2.23. The Bertz CT molecular complexity index is 820. The van der Waals surface area contributed by atoms with Gasteiger partial charge in [-0.05, 0) is 24.6 Å². The third-order valence-electron chi connectivity index (χ3n) is 3.31. The lowest BCUT2D eigenvalue weighted by molar-refractivity contribution is 0.642. The zero-order chi connectivity index (χ0) is 14.7. The van der Waals surface area contributed by atoms with Gasteiger partial charge < -0.3 is 5.32 Å². The molecule has 0 atom stereocenters. The maximum Gasteiger partial charge on any atom is 0.269 e. The molecule has 0 radical (unpaired) electrons. The molecule has 0 aliphatic heterocycles. The standard InChI is InChI=1S/C16H16N4O/c1-2-17-13-9-16(21)20(19-10-13)11-12-7-8-18-15-6-4-3-5-14(12)15/h3-10,17H,2,11H2,1H3. The predicted molar refractivity (Wildman–Crippen MR) is 83.5 cm³/mol. The summed E-state index contributed by atoms with van der Waals surface area (Å²) >= 11 is 0. The Hall–Kier alpha value is -2.69. The van der Waals surface area contributed by atoms with Crippen LogP contribution in [-0.2, 0) is 6.54 Å². The molecule has 3 aromatic rings. The van der Waals surface area contributed by atoms with E-state index in [4.69, 9.17) is 0 Å². The van der Waals surface area contributed by atoms with E-state index in [1.165, 1.54) is 4.68 Å². The fourth-order valence-corrected chi connectivity index (χ4v) is 2.31. The van der Waals surface area contributed by atoms with Crippen LogP contribution in [-0.4, -0.2) is 21.3 Å². The third-order valence-corrected chi connectivity index (χ3v) is 3.31. The highest BCUT2D eigenvalue weighted by atomic mass is 16.1. The average molecular weight is 280 g/mol. The molecule has 5 heteroatoms. The van der Waals surface area contributed by atoms with E-state index in [2.05, 4.69) is 15.4 Å². The smallest absolute Gasteiger partial charge is 0.269 e. The van der Waals surface area contributed by atoms with Gasteiger partial charge in [-0.1, -0.05) is 18.2 Å². The van der Waals surface area contributed by atoms with Crippen LogP contribution in [0.25, 0.3) is 10.9 Å². The van der Waals surface area contributed by atoms with Gasteiger partial charge in [0.05, 0.1) is 23.9 Å². The van der Waals surface area contributed by atoms with Gasteiger partial charge in [0.2, 0.25) is 0 Å². The highest BCUT2D eigenvalue weighted by molar-refractivity contribution is 5.81. The number of anilines is 1. The lowest BCUT2D eigenvalue weighted by Gasteiger charge is -2.09. The molecule has 0 fully saturated rings. The summed E-state index contributed by atoms with van der Waals surface area (Å²) in [6.07, 6.45) is 3.43. The van der Waals surface area contributed by atoms with E-state index in [0.29, 0.717) is 6.54 Å². The van der Waals surface area contributed by atoms with Crippen molar-refractivity contribution in [2.45, 2.75) is 13.5 Å². The van der Waals surface area contributed by atoms with Crippen LogP contribution in [0, 0.1) is 0 Å². The summed E-state index contributed by atoms with van der Waals surface area (Å²) in [6, 6.07) is 11.4. The third kappa shape index (κ3) is 2.76. The van der Waals surface area contributed by atoms with Gasteiger partial charge in [-0.15, -0.1) is 0 Å². The summed E-state index contributed by atoms with van der Waals surface area (Å²) in [6.45, 7) is 3.18. The Kier molecular flexibility index (Phi) is 3.64. The Morgan fingerprint density at radius 3 is 2.90 bits per heavy atom. The van der Waals surface area contributed by atoms with Crippen LogP contribution in [0.15, 0.2) is 53.6 Å². The first-order valence-electron chi connectivity index (χ1n) is 6.91. The van der Waals surface area contributed by atoms with E-state index in [9.17, 15) is 4.79 Å². The van der Waals surface area contributed by atoms with E-state index in [-0.39, 0.29) is 5.56 Å². The summed E-state index contributed by atoms with van der Waals surface area (Å²) in [5, 5.41) is 8.35. The van der Waals surface area contributed by atoms with Crippen LogP contribution in [0.3, 0.4) is 0 Å². The van der Waals surface area contributed by atoms with Crippen molar-refractivity contribution in [3.63, 3.8) is 0 Å². The Balaban J connectivity index is 1.97. The summed E-state index contributed by atoms with van der Waals surface area (Å²) in [5.74, 6) is 0. The second kappa shape index (κ2) is 5.75. The molecular weight excluding hydrogens is 264 g/mol. The second-order valence-electron chi connectivity index (χ2n) is 4.76. The number of nitrogens with one attached hydrogen (secondary N) is 1. The van der Waals surface area contributed by atoms with Crippen molar-refractivity contribution in [2.24, 2.45) is 0 Å². The van der Waals surface area contributed by atoms with Crippen molar-refractivity contribution in [3.8, 4) is 0 Å². The normalized spacial score (nSPS) is 10.7. The minimum absolute atomic E-state index is 0.116.